The minimum absolute atomic E-state index is 0.287. The lowest BCUT2D eigenvalue weighted by Crippen LogP contribution is -2.30. The minimum Gasteiger partial charge on any atom is -0.445 e. The van der Waals surface area contributed by atoms with Crippen LogP contribution in [0.25, 0.3) is 0 Å². The summed E-state index contributed by atoms with van der Waals surface area (Å²) in [4.78, 5) is 13.4. The second-order valence-electron chi connectivity index (χ2n) is 5.00. The summed E-state index contributed by atoms with van der Waals surface area (Å²) in [5.41, 5.74) is 2.10. The monoisotopic (exact) mass is 299 g/mol. The molecule has 0 saturated carbocycles. The van der Waals surface area contributed by atoms with Gasteiger partial charge in [0.2, 0.25) is 0 Å². The number of ether oxygens (including phenoxy) is 2. The van der Waals surface area contributed by atoms with E-state index >= 15 is 0 Å². The fraction of sp³-hybridized carbons (Fsp3) is 0.278. The second kappa shape index (κ2) is 8.85. The van der Waals surface area contributed by atoms with Crippen molar-refractivity contribution < 1.29 is 14.3 Å². The highest BCUT2D eigenvalue weighted by molar-refractivity contribution is 5.67. The standard InChI is InChI=1S/C18H21NO3/c1-19(12-13-21-14-16-8-4-2-5-9-16)18(20)22-15-17-10-6-3-7-11-17/h2-11H,12-15H2,1H3. The Kier molecular flexibility index (Phi) is 6.45. The molecule has 2 aromatic rings. The van der Waals surface area contributed by atoms with Gasteiger partial charge in [0.1, 0.15) is 6.61 Å². The van der Waals surface area contributed by atoms with Crippen molar-refractivity contribution in [1.82, 2.24) is 4.90 Å². The Balaban J connectivity index is 1.62. The van der Waals surface area contributed by atoms with Crippen LogP contribution in [0.3, 0.4) is 0 Å². The Morgan fingerprint density at radius 1 is 0.909 bits per heavy atom. The first-order valence-electron chi connectivity index (χ1n) is 7.29. The third kappa shape index (κ3) is 5.58. The maximum Gasteiger partial charge on any atom is 0.409 e. The van der Waals surface area contributed by atoms with Gasteiger partial charge < -0.3 is 14.4 Å². The van der Waals surface area contributed by atoms with Gasteiger partial charge in [-0.2, -0.15) is 0 Å². The molecule has 2 rings (SSSR count). The van der Waals surface area contributed by atoms with Gasteiger partial charge in [-0.1, -0.05) is 60.7 Å². The number of nitrogens with zero attached hydrogens (tertiary/aromatic N) is 1. The van der Waals surface area contributed by atoms with Crippen LogP contribution >= 0.6 is 0 Å². The first kappa shape index (κ1) is 16.0. The summed E-state index contributed by atoms with van der Waals surface area (Å²) in [5, 5.41) is 0. The second-order valence-corrected chi connectivity index (χ2v) is 5.00. The lowest BCUT2D eigenvalue weighted by molar-refractivity contribution is 0.0749. The van der Waals surface area contributed by atoms with Gasteiger partial charge >= 0.3 is 6.09 Å². The molecular weight excluding hydrogens is 278 g/mol. The Labute approximate surface area is 131 Å². The van der Waals surface area contributed by atoms with Gasteiger partial charge in [-0.05, 0) is 11.1 Å². The van der Waals surface area contributed by atoms with Crippen LogP contribution < -0.4 is 0 Å². The number of amides is 1. The van der Waals surface area contributed by atoms with E-state index in [1.165, 1.54) is 4.90 Å². The van der Waals surface area contributed by atoms with Crippen LogP contribution in [0.2, 0.25) is 0 Å². The lowest BCUT2D eigenvalue weighted by Gasteiger charge is -2.17. The number of hydrogen-bond acceptors (Lipinski definition) is 3. The van der Waals surface area contributed by atoms with Gasteiger partial charge in [0.15, 0.2) is 0 Å². The highest BCUT2D eigenvalue weighted by Crippen LogP contribution is 2.03. The molecule has 4 nitrogen and oxygen atoms in total. The molecule has 0 heterocycles. The van der Waals surface area contributed by atoms with Gasteiger partial charge in [0.25, 0.3) is 0 Å². The van der Waals surface area contributed by atoms with E-state index in [0.29, 0.717) is 19.8 Å². The van der Waals surface area contributed by atoms with Crippen LogP contribution in [0.4, 0.5) is 4.79 Å². The van der Waals surface area contributed by atoms with Crippen molar-refractivity contribution >= 4 is 6.09 Å². The number of carbonyl (C=O) groups is 1. The van der Waals surface area contributed by atoms with E-state index in [9.17, 15) is 4.79 Å². The molecule has 0 aliphatic carbocycles. The highest BCUT2D eigenvalue weighted by Gasteiger charge is 2.09. The molecule has 0 bridgehead atoms. The summed E-state index contributed by atoms with van der Waals surface area (Å²) >= 11 is 0. The van der Waals surface area contributed by atoms with Crippen LogP contribution in [-0.4, -0.2) is 31.2 Å². The molecule has 0 N–H and O–H groups in total. The third-order valence-corrected chi connectivity index (χ3v) is 3.20. The van der Waals surface area contributed by atoms with Gasteiger partial charge in [0, 0.05) is 13.6 Å². The quantitative estimate of drug-likeness (QED) is 0.735. The molecule has 0 aliphatic rings. The maximum absolute atomic E-state index is 11.8. The molecule has 0 saturated heterocycles. The summed E-state index contributed by atoms with van der Waals surface area (Å²) in [6.45, 7) is 1.81. The van der Waals surface area contributed by atoms with E-state index in [1.54, 1.807) is 7.05 Å². The molecule has 0 atom stereocenters. The topological polar surface area (TPSA) is 38.8 Å². The number of hydrogen-bond donors (Lipinski definition) is 0. The van der Waals surface area contributed by atoms with E-state index in [1.807, 2.05) is 60.7 Å². The van der Waals surface area contributed by atoms with Gasteiger partial charge in [-0.15, -0.1) is 0 Å². The zero-order chi connectivity index (χ0) is 15.6. The van der Waals surface area contributed by atoms with Crippen LogP contribution in [0.15, 0.2) is 60.7 Å². The summed E-state index contributed by atoms with van der Waals surface area (Å²) in [5.74, 6) is 0. The summed E-state index contributed by atoms with van der Waals surface area (Å²) in [6, 6.07) is 19.6. The Morgan fingerprint density at radius 3 is 2.05 bits per heavy atom. The highest BCUT2D eigenvalue weighted by atomic mass is 16.6. The molecule has 0 spiro atoms. The molecule has 0 unspecified atom stereocenters. The Bertz CT molecular complexity index is 557. The average Bonchev–Trinajstić information content (AvgIpc) is 2.58. The van der Waals surface area contributed by atoms with Crippen molar-refractivity contribution in [3.63, 3.8) is 0 Å². The van der Waals surface area contributed by atoms with Crippen molar-refractivity contribution in [3.05, 3.63) is 71.8 Å². The van der Waals surface area contributed by atoms with Gasteiger partial charge in [-0.25, -0.2) is 4.79 Å². The van der Waals surface area contributed by atoms with E-state index in [4.69, 9.17) is 9.47 Å². The molecule has 4 heteroatoms. The maximum atomic E-state index is 11.8. The number of carbonyl (C=O) groups excluding carboxylic acids is 1. The van der Waals surface area contributed by atoms with E-state index in [2.05, 4.69) is 0 Å². The van der Waals surface area contributed by atoms with Crippen LogP contribution in [0.1, 0.15) is 11.1 Å². The predicted molar refractivity (Wildman–Crippen MR) is 85.4 cm³/mol. The molecular formula is C18H21NO3. The minimum atomic E-state index is -0.341. The van der Waals surface area contributed by atoms with E-state index < -0.39 is 0 Å². The van der Waals surface area contributed by atoms with Crippen molar-refractivity contribution in [2.45, 2.75) is 13.2 Å². The smallest absolute Gasteiger partial charge is 0.409 e. The van der Waals surface area contributed by atoms with Crippen molar-refractivity contribution in [2.24, 2.45) is 0 Å². The molecule has 1 amide bonds. The molecule has 22 heavy (non-hydrogen) atoms. The van der Waals surface area contributed by atoms with Crippen LogP contribution in [-0.2, 0) is 22.7 Å². The summed E-state index contributed by atoms with van der Waals surface area (Å²) in [7, 11) is 1.71. The first-order chi connectivity index (χ1) is 10.8. The van der Waals surface area contributed by atoms with E-state index in [-0.39, 0.29) is 12.7 Å². The predicted octanol–water partition coefficient (Wildman–Crippen LogP) is 3.47. The molecule has 0 radical (unpaired) electrons. The third-order valence-electron chi connectivity index (χ3n) is 3.20. The van der Waals surface area contributed by atoms with Gasteiger partial charge in [0.05, 0.1) is 13.2 Å². The molecule has 2 aromatic carbocycles. The molecule has 116 valence electrons. The largest absolute Gasteiger partial charge is 0.445 e. The zero-order valence-electron chi connectivity index (χ0n) is 12.8. The molecule has 0 fully saturated rings. The average molecular weight is 299 g/mol. The molecule has 0 aromatic heterocycles. The van der Waals surface area contributed by atoms with Gasteiger partial charge in [-0.3, -0.25) is 0 Å². The summed E-state index contributed by atoms with van der Waals surface area (Å²) in [6.07, 6.45) is -0.341. The molecule has 0 aliphatic heterocycles. The number of benzene rings is 2. The zero-order valence-corrected chi connectivity index (χ0v) is 12.8. The van der Waals surface area contributed by atoms with E-state index in [0.717, 1.165) is 11.1 Å². The van der Waals surface area contributed by atoms with Crippen molar-refractivity contribution in [1.29, 1.82) is 0 Å². The van der Waals surface area contributed by atoms with Crippen molar-refractivity contribution in [2.75, 3.05) is 20.2 Å². The Hall–Kier alpha value is -2.33. The summed E-state index contributed by atoms with van der Waals surface area (Å²) < 4.78 is 10.8. The number of rotatable bonds is 7. The lowest BCUT2D eigenvalue weighted by atomic mass is 10.2. The normalized spacial score (nSPS) is 10.2. The first-order valence-corrected chi connectivity index (χ1v) is 7.29. The number of likely N-dealkylation sites (N-methyl/N-ethyl adjacent to an activating group) is 1. The van der Waals surface area contributed by atoms with Crippen LogP contribution in [0.5, 0.6) is 0 Å². The van der Waals surface area contributed by atoms with Crippen LogP contribution in [0, 0.1) is 0 Å². The Morgan fingerprint density at radius 2 is 1.45 bits per heavy atom. The fourth-order valence-electron chi connectivity index (χ4n) is 1.89. The fourth-order valence-corrected chi connectivity index (χ4v) is 1.89. The SMILES string of the molecule is CN(CCOCc1ccccc1)C(=O)OCc1ccccc1. The van der Waals surface area contributed by atoms with Crippen molar-refractivity contribution in [3.8, 4) is 0 Å².